The van der Waals surface area contributed by atoms with Crippen LogP contribution in [0.4, 0.5) is 0 Å². The van der Waals surface area contributed by atoms with Crippen LogP contribution in [0.25, 0.3) is 0 Å². The Labute approximate surface area is 95.7 Å². The van der Waals surface area contributed by atoms with E-state index in [1.807, 2.05) is 0 Å². The largest absolute Gasteiger partial charge is 0.244 e. The molecule has 5 heteroatoms. The van der Waals surface area contributed by atoms with E-state index < -0.39 is 10.0 Å². The van der Waals surface area contributed by atoms with Crippen molar-refractivity contribution in [2.45, 2.75) is 18.7 Å². The molecule has 1 aromatic carbocycles. The van der Waals surface area contributed by atoms with Crippen molar-refractivity contribution in [1.29, 1.82) is 0 Å². The zero-order chi connectivity index (χ0) is 11.6. The van der Waals surface area contributed by atoms with Crippen LogP contribution in [0.5, 0.6) is 0 Å². The van der Waals surface area contributed by atoms with E-state index in [1.54, 1.807) is 32.0 Å². The van der Waals surface area contributed by atoms with Crippen molar-refractivity contribution in [3.63, 3.8) is 0 Å². The molecule has 0 saturated carbocycles. The number of hydrogen-bond acceptors (Lipinski definition) is 2. The fourth-order valence-electron chi connectivity index (χ4n) is 1.27. The Morgan fingerprint density at radius 2 is 2.00 bits per heavy atom. The minimum absolute atomic E-state index is 0.205. The zero-order valence-corrected chi connectivity index (χ0v) is 10.6. The van der Waals surface area contributed by atoms with Crippen molar-refractivity contribution in [1.82, 2.24) is 4.31 Å². The molecular weight excluding hydrogens is 234 g/mol. The highest BCUT2D eigenvalue weighted by Crippen LogP contribution is 2.26. The lowest BCUT2D eigenvalue weighted by Gasteiger charge is -2.17. The monoisotopic (exact) mass is 247 g/mol. The van der Waals surface area contributed by atoms with E-state index in [1.165, 1.54) is 11.4 Å². The highest BCUT2D eigenvalue weighted by Gasteiger charge is 2.23. The summed E-state index contributed by atoms with van der Waals surface area (Å²) in [7, 11) is -1.91. The summed E-state index contributed by atoms with van der Waals surface area (Å²) in [5.74, 6) is 0. The van der Waals surface area contributed by atoms with Gasteiger partial charge in [-0.25, -0.2) is 12.7 Å². The molecule has 0 amide bonds. The van der Waals surface area contributed by atoms with Crippen molar-refractivity contribution < 1.29 is 8.42 Å². The minimum atomic E-state index is -3.45. The maximum Gasteiger partial charge on any atom is 0.244 e. The molecule has 0 saturated heterocycles. The lowest BCUT2D eigenvalue weighted by molar-refractivity contribution is 0.486. The highest BCUT2D eigenvalue weighted by atomic mass is 35.5. The van der Waals surface area contributed by atoms with Crippen molar-refractivity contribution in [2.24, 2.45) is 0 Å². The van der Waals surface area contributed by atoms with Crippen LogP contribution in [0.15, 0.2) is 23.1 Å². The van der Waals surface area contributed by atoms with Gasteiger partial charge in [0.1, 0.15) is 4.90 Å². The molecule has 0 radical (unpaired) electrons. The van der Waals surface area contributed by atoms with Crippen LogP contribution in [0.3, 0.4) is 0 Å². The summed E-state index contributed by atoms with van der Waals surface area (Å²) in [4.78, 5) is 0.205. The molecule has 0 aromatic heterocycles. The van der Waals surface area contributed by atoms with Gasteiger partial charge in [-0.1, -0.05) is 30.7 Å². The Morgan fingerprint density at radius 1 is 1.40 bits per heavy atom. The average molecular weight is 248 g/mol. The number of sulfonamides is 1. The number of halogens is 1. The molecule has 0 aliphatic heterocycles. The van der Waals surface area contributed by atoms with E-state index in [9.17, 15) is 8.42 Å². The highest BCUT2D eigenvalue weighted by molar-refractivity contribution is 7.89. The molecule has 84 valence electrons. The molecule has 0 fully saturated rings. The Kier molecular flexibility index (Phi) is 3.76. The topological polar surface area (TPSA) is 37.4 Å². The van der Waals surface area contributed by atoms with Gasteiger partial charge >= 0.3 is 0 Å². The van der Waals surface area contributed by atoms with Crippen LogP contribution in [-0.4, -0.2) is 26.3 Å². The molecule has 3 nitrogen and oxygen atoms in total. The number of rotatable bonds is 3. The first-order chi connectivity index (χ1) is 6.91. The van der Waals surface area contributed by atoms with E-state index in [0.29, 0.717) is 12.1 Å². The van der Waals surface area contributed by atoms with Gasteiger partial charge in [-0.15, -0.1) is 0 Å². The second-order valence-corrected chi connectivity index (χ2v) is 5.69. The zero-order valence-electron chi connectivity index (χ0n) is 8.99. The standard InChI is InChI=1S/C10H14ClNO2S/c1-4-12(3)15(13,14)10-8(2)6-5-7-9(10)11/h5-7H,4H2,1-3H3. The maximum atomic E-state index is 12.0. The van der Waals surface area contributed by atoms with E-state index >= 15 is 0 Å². The third kappa shape index (κ3) is 2.33. The van der Waals surface area contributed by atoms with Gasteiger partial charge in [0.05, 0.1) is 5.02 Å². The maximum absolute atomic E-state index is 12.0. The van der Waals surface area contributed by atoms with Gasteiger partial charge in [-0.05, 0) is 18.6 Å². The van der Waals surface area contributed by atoms with Crippen molar-refractivity contribution in [3.05, 3.63) is 28.8 Å². The van der Waals surface area contributed by atoms with Crippen LogP contribution in [0.2, 0.25) is 5.02 Å². The van der Waals surface area contributed by atoms with Gasteiger partial charge in [0.25, 0.3) is 0 Å². The first-order valence-corrected chi connectivity index (χ1v) is 6.44. The quantitative estimate of drug-likeness (QED) is 0.822. The molecule has 0 atom stereocenters. The fraction of sp³-hybridized carbons (Fsp3) is 0.400. The summed E-state index contributed by atoms with van der Waals surface area (Å²) >= 11 is 5.91. The minimum Gasteiger partial charge on any atom is -0.207 e. The molecule has 0 unspecified atom stereocenters. The van der Waals surface area contributed by atoms with Gasteiger partial charge in [0.15, 0.2) is 0 Å². The van der Waals surface area contributed by atoms with Gasteiger partial charge in [0.2, 0.25) is 10.0 Å². The molecule has 0 heterocycles. The van der Waals surface area contributed by atoms with Crippen molar-refractivity contribution >= 4 is 21.6 Å². The van der Waals surface area contributed by atoms with Crippen LogP contribution in [0.1, 0.15) is 12.5 Å². The Bertz CT molecular complexity index is 436. The summed E-state index contributed by atoms with van der Waals surface area (Å²) in [6.45, 7) is 3.94. The van der Waals surface area contributed by atoms with Crippen LogP contribution in [0, 0.1) is 6.92 Å². The summed E-state index contributed by atoms with van der Waals surface area (Å²) in [6.07, 6.45) is 0. The normalized spacial score (nSPS) is 12.1. The number of benzene rings is 1. The molecule has 15 heavy (non-hydrogen) atoms. The Balaban J connectivity index is 3.40. The summed E-state index contributed by atoms with van der Waals surface area (Å²) in [5, 5.41) is 0.273. The van der Waals surface area contributed by atoms with E-state index in [-0.39, 0.29) is 9.92 Å². The van der Waals surface area contributed by atoms with Gasteiger partial charge in [-0.2, -0.15) is 0 Å². The predicted octanol–water partition coefficient (Wildman–Crippen LogP) is 2.29. The molecule has 0 N–H and O–H groups in total. The third-order valence-corrected chi connectivity index (χ3v) is 4.84. The van der Waals surface area contributed by atoms with E-state index in [0.717, 1.165) is 0 Å². The summed E-state index contributed by atoms with van der Waals surface area (Å²) < 4.78 is 25.4. The third-order valence-electron chi connectivity index (χ3n) is 2.28. The van der Waals surface area contributed by atoms with Gasteiger partial charge in [-0.3, -0.25) is 0 Å². The van der Waals surface area contributed by atoms with Crippen LogP contribution in [-0.2, 0) is 10.0 Å². The smallest absolute Gasteiger partial charge is 0.207 e. The lowest BCUT2D eigenvalue weighted by Crippen LogP contribution is -2.27. The van der Waals surface area contributed by atoms with E-state index in [4.69, 9.17) is 11.6 Å². The molecule has 0 spiro atoms. The van der Waals surface area contributed by atoms with Gasteiger partial charge in [0, 0.05) is 13.6 Å². The Morgan fingerprint density at radius 3 is 2.47 bits per heavy atom. The molecule has 0 aliphatic carbocycles. The summed E-state index contributed by atoms with van der Waals surface area (Å²) in [5.41, 5.74) is 0.669. The molecule has 0 bridgehead atoms. The van der Waals surface area contributed by atoms with Crippen LogP contribution >= 0.6 is 11.6 Å². The van der Waals surface area contributed by atoms with Crippen molar-refractivity contribution in [2.75, 3.05) is 13.6 Å². The molecule has 1 rings (SSSR count). The van der Waals surface area contributed by atoms with Crippen LogP contribution < -0.4 is 0 Å². The van der Waals surface area contributed by atoms with E-state index in [2.05, 4.69) is 0 Å². The fourth-order valence-corrected chi connectivity index (χ4v) is 3.22. The summed E-state index contributed by atoms with van der Waals surface area (Å²) in [6, 6.07) is 5.07. The SMILES string of the molecule is CCN(C)S(=O)(=O)c1c(C)cccc1Cl. The Hall–Kier alpha value is -0.580. The number of nitrogens with zero attached hydrogens (tertiary/aromatic N) is 1. The predicted molar refractivity (Wildman–Crippen MR) is 61.7 cm³/mol. The van der Waals surface area contributed by atoms with Gasteiger partial charge < -0.3 is 0 Å². The first kappa shape index (κ1) is 12.5. The second-order valence-electron chi connectivity index (χ2n) is 3.31. The molecular formula is C10H14ClNO2S. The number of aryl methyl sites for hydroxylation is 1. The average Bonchev–Trinajstić information content (AvgIpc) is 2.15. The number of hydrogen-bond donors (Lipinski definition) is 0. The first-order valence-electron chi connectivity index (χ1n) is 4.62. The van der Waals surface area contributed by atoms with Crippen molar-refractivity contribution in [3.8, 4) is 0 Å². The second kappa shape index (κ2) is 4.51. The lowest BCUT2D eigenvalue weighted by atomic mass is 10.2. The molecule has 0 aliphatic rings. The molecule has 1 aromatic rings.